The second-order valence-corrected chi connectivity index (χ2v) is 4.54. The van der Waals surface area contributed by atoms with Crippen LogP contribution in [0, 0.1) is 17.1 Å². The number of fused-ring (bicyclic) bond motifs is 1. The van der Waals surface area contributed by atoms with Crippen LogP contribution in [-0.4, -0.2) is 11.3 Å². The highest BCUT2D eigenvalue weighted by atomic mass is 19.1. The first-order valence-corrected chi connectivity index (χ1v) is 6.28. The van der Waals surface area contributed by atoms with E-state index in [0.29, 0.717) is 17.4 Å². The molecule has 21 heavy (non-hydrogen) atoms. The lowest BCUT2D eigenvalue weighted by Crippen LogP contribution is -1.93. The van der Waals surface area contributed by atoms with Crippen molar-refractivity contribution in [3.8, 4) is 17.2 Å². The molecule has 0 aliphatic heterocycles. The Labute approximate surface area is 120 Å². The summed E-state index contributed by atoms with van der Waals surface area (Å²) >= 11 is 0. The Kier molecular flexibility index (Phi) is 3.17. The highest BCUT2D eigenvalue weighted by molar-refractivity contribution is 5.87. The third-order valence-electron chi connectivity index (χ3n) is 3.26. The minimum atomic E-state index is -0.582. The van der Waals surface area contributed by atoms with Gasteiger partial charge in [0.1, 0.15) is 17.6 Å². The Morgan fingerprint density at radius 2 is 1.95 bits per heavy atom. The summed E-state index contributed by atoms with van der Waals surface area (Å²) in [7, 11) is 0. The number of aromatic nitrogens is 1. The maximum absolute atomic E-state index is 13.4. The topological polar surface area (TPSA) is 53.8 Å². The predicted octanol–water partition coefficient (Wildman–Crippen LogP) is 3.73. The molecular weight excluding hydrogens is 267 g/mol. The van der Waals surface area contributed by atoms with Crippen LogP contribution in [0.15, 0.2) is 48.5 Å². The standard InChI is InChI=1S/C17H9FN2O/c18-15-6-5-11(7-13(15)10-21)14-8-12-3-1-2-4-16(12)20-17(14)9-19/h1-8,10H. The number of pyridine rings is 1. The van der Waals surface area contributed by atoms with E-state index in [1.807, 2.05) is 36.4 Å². The first-order valence-electron chi connectivity index (χ1n) is 6.28. The Hall–Kier alpha value is -3.06. The van der Waals surface area contributed by atoms with Gasteiger partial charge in [0.25, 0.3) is 0 Å². The smallest absolute Gasteiger partial charge is 0.153 e. The number of carbonyl (C=O) groups excluding carboxylic acids is 1. The average molecular weight is 276 g/mol. The summed E-state index contributed by atoms with van der Waals surface area (Å²) in [6, 6.07) is 15.5. The van der Waals surface area contributed by atoms with E-state index in [1.54, 1.807) is 0 Å². The van der Waals surface area contributed by atoms with Crippen LogP contribution in [0.1, 0.15) is 16.1 Å². The van der Waals surface area contributed by atoms with E-state index < -0.39 is 5.82 Å². The molecule has 0 spiro atoms. The van der Waals surface area contributed by atoms with Gasteiger partial charge in [-0.25, -0.2) is 9.37 Å². The molecule has 0 saturated carbocycles. The molecule has 100 valence electrons. The summed E-state index contributed by atoms with van der Waals surface area (Å²) < 4.78 is 13.4. The summed E-state index contributed by atoms with van der Waals surface area (Å²) in [5.74, 6) is -0.582. The molecule has 0 unspecified atom stereocenters. The van der Waals surface area contributed by atoms with Gasteiger partial charge in [-0.05, 0) is 29.8 Å². The third-order valence-corrected chi connectivity index (χ3v) is 3.26. The summed E-state index contributed by atoms with van der Waals surface area (Å²) in [6.07, 6.45) is 0.458. The first kappa shape index (κ1) is 12.9. The molecule has 3 nitrogen and oxygen atoms in total. The van der Waals surface area contributed by atoms with Crippen molar-refractivity contribution < 1.29 is 9.18 Å². The van der Waals surface area contributed by atoms with E-state index in [-0.39, 0.29) is 11.3 Å². The SMILES string of the molecule is N#Cc1nc2ccccc2cc1-c1ccc(F)c(C=O)c1. The van der Waals surface area contributed by atoms with Gasteiger partial charge in [-0.3, -0.25) is 4.79 Å². The van der Waals surface area contributed by atoms with Crippen molar-refractivity contribution in [2.75, 3.05) is 0 Å². The Balaban J connectivity index is 2.28. The minimum absolute atomic E-state index is 0.0375. The summed E-state index contributed by atoms with van der Waals surface area (Å²) in [4.78, 5) is 15.2. The van der Waals surface area contributed by atoms with E-state index in [1.165, 1.54) is 18.2 Å². The Bertz CT molecular complexity index is 897. The van der Waals surface area contributed by atoms with Gasteiger partial charge in [0.05, 0.1) is 11.1 Å². The second kappa shape index (κ2) is 5.14. The molecular formula is C17H9FN2O. The van der Waals surface area contributed by atoms with E-state index in [0.717, 1.165) is 10.9 Å². The summed E-state index contributed by atoms with van der Waals surface area (Å²) in [5, 5.41) is 10.1. The summed E-state index contributed by atoms with van der Waals surface area (Å²) in [5.41, 5.74) is 2.10. The van der Waals surface area contributed by atoms with Gasteiger partial charge in [0.15, 0.2) is 6.29 Å². The molecule has 0 fully saturated rings. The number of hydrogen-bond donors (Lipinski definition) is 0. The lowest BCUT2D eigenvalue weighted by atomic mass is 10.00. The van der Waals surface area contributed by atoms with Crippen LogP contribution in [0.25, 0.3) is 22.0 Å². The third kappa shape index (κ3) is 2.26. The van der Waals surface area contributed by atoms with Gasteiger partial charge in [0.2, 0.25) is 0 Å². The van der Waals surface area contributed by atoms with Gasteiger partial charge < -0.3 is 0 Å². The number of rotatable bonds is 2. The molecule has 0 N–H and O–H groups in total. The molecule has 0 radical (unpaired) electrons. The van der Waals surface area contributed by atoms with Crippen molar-refractivity contribution in [1.82, 2.24) is 4.98 Å². The van der Waals surface area contributed by atoms with Crippen LogP contribution in [-0.2, 0) is 0 Å². The van der Waals surface area contributed by atoms with Crippen LogP contribution < -0.4 is 0 Å². The lowest BCUT2D eigenvalue weighted by molar-refractivity contribution is 0.112. The van der Waals surface area contributed by atoms with E-state index in [4.69, 9.17) is 0 Å². The van der Waals surface area contributed by atoms with Gasteiger partial charge in [-0.2, -0.15) is 5.26 Å². The number of aldehydes is 1. The monoisotopic (exact) mass is 276 g/mol. The molecule has 2 aromatic carbocycles. The number of carbonyl (C=O) groups is 1. The summed E-state index contributed by atoms with van der Waals surface area (Å²) in [6.45, 7) is 0. The van der Waals surface area contributed by atoms with Crippen LogP contribution in [0.5, 0.6) is 0 Å². The number of nitrogens with zero attached hydrogens (tertiary/aromatic N) is 2. The lowest BCUT2D eigenvalue weighted by Gasteiger charge is -2.07. The van der Waals surface area contributed by atoms with Crippen LogP contribution in [0.3, 0.4) is 0 Å². The highest BCUT2D eigenvalue weighted by Gasteiger charge is 2.11. The van der Waals surface area contributed by atoms with Crippen LogP contribution in [0.4, 0.5) is 4.39 Å². The number of benzene rings is 2. The zero-order chi connectivity index (χ0) is 14.8. The highest BCUT2D eigenvalue weighted by Crippen LogP contribution is 2.27. The quantitative estimate of drug-likeness (QED) is 0.670. The number of nitriles is 1. The molecule has 3 rings (SSSR count). The van der Waals surface area contributed by atoms with Crippen molar-refractivity contribution in [3.05, 3.63) is 65.6 Å². The van der Waals surface area contributed by atoms with Crippen LogP contribution >= 0.6 is 0 Å². The molecule has 0 amide bonds. The molecule has 0 aliphatic carbocycles. The number of hydrogen-bond acceptors (Lipinski definition) is 3. The van der Waals surface area contributed by atoms with E-state index >= 15 is 0 Å². The van der Waals surface area contributed by atoms with Crippen molar-refractivity contribution in [2.45, 2.75) is 0 Å². The maximum atomic E-state index is 13.4. The predicted molar refractivity (Wildman–Crippen MR) is 77.2 cm³/mol. The second-order valence-electron chi connectivity index (χ2n) is 4.54. The zero-order valence-corrected chi connectivity index (χ0v) is 10.9. The van der Waals surface area contributed by atoms with E-state index in [9.17, 15) is 14.4 Å². The van der Waals surface area contributed by atoms with Crippen molar-refractivity contribution in [2.24, 2.45) is 0 Å². The normalized spacial score (nSPS) is 10.3. The molecule has 4 heteroatoms. The molecule has 1 aromatic heterocycles. The van der Waals surface area contributed by atoms with Gasteiger partial charge >= 0.3 is 0 Å². The largest absolute Gasteiger partial charge is 0.298 e. The van der Waals surface area contributed by atoms with Gasteiger partial charge in [0, 0.05) is 10.9 Å². The Morgan fingerprint density at radius 1 is 1.14 bits per heavy atom. The first-order chi connectivity index (χ1) is 10.2. The fourth-order valence-electron chi connectivity index (χ4n) is 2.22. The fraction of sp³-hybridized carbons (Fsp3) is 0. The molecule has 0 atom stereocenters. The number of para-hydroxylation sites is 1. The van der Waals surface area contributed by atoms with Gasteiger partial charge in [-0.1, -0.05) is 24.3 Å². The minimum Gasteiger partial charge on any atom is -0.298 e. The molecule has 0 aliphatic rings. The van der Waals surface area contributed by atoms with Crippen molar-refractivity contribution in [3.63, 3.8) is 0 Å². The zero-order valence-electron chi connectivity index (χ0n) is 10.9. The van der Waals surface area contributed by atoms with Crippen LogP contribution in [0.2, 0.25) is 0 Å². The molecule has 3 aromatic rings. The number of halogens is 1. The van der Waals surface area contributed by atoms with Crippen molar-refractivity contribution >= 4 is 17.2 Å². The molecule has 1 heterocycles. The maximum Gasteiger partial charge on any atom is 0.153 e. The Morgan fingerprint density at radius 3 is 2.71 bits per heavy atom. The molecule has 0 saturated heterocycles. The van der Waals surface area contributed by atoms with Gasteiger partial charge in [-0.15, -0.1) is 0 Å². The van der Waals surface area contributed by atoms with E-state index in [2.05, 4.69) is 4.98 Å². The van der Waals surface area contributed by atoms with Crippen molar-refractivity contribution in [1.29, 1.82) is 5.26 Å². The average Bonchev–Trinajstić information content (AvgIpc) is 2.54. The fourth-order valence-corrected chi connectivity index (χ4v) is 2.22. The molecule has 0 bridgehead atoms.